The van der Waals surface area contributed by atoms with E-state index in [0.717, 1.165) is 25.7 Å². The number of hydrogen-bond acceptors (Lipinski definition) is 13. The molecule has 4 aromatic heterocycles. The third kappa shape index (κ3) is 14.4. The molecule has 4 rings (SSSR count). The molecule has 54 heavy (non-hydrogen) atoms. The lowest BCUT2D eigenvalue weighted by Gasteiger charge is -2.24. The molecule has 0 bridgehead atoms. The van der Waals surface area contributed by atoms with Crippen LogP contribution in [-0.2, 0) is 45.4 Å². The summed E-state index contributed by atoms with van der Waals surface area (Å²) in [4.78, 5) is 64.5. The smallest absolute Gasteiger partial charge is 0.317 e. The summed E-state index contributed by atoms with van der Waals surface area (Å²) >= 11 is 4.66. The van der Waals surface area contributed by atoms with E-state index in [9.17, 15) is 39.6 Å². The maximum Gasteiger partial charge on any atom is 0.317 e. The van der Waals surface area contributed by atoms with Crippen LogP contribution in [0.2, 0.25) is 0 Å². The Morgan fingerprint density at radius 2 is 1.00 bits per heavy atom. The van der Waals surface area contributed by atoms with E-state index in [1.807, 2.05) is 12.1 Å². The summed E-state index contributed by atoms with van der Waals surface area (Å²) in [6, 6.07) is 14.3. The van der Waals surface area contributed by atoms with Crippen LogP contribution in [0.15, 0.2) is 74.9 Å². The number of unbranched alkanes of at least 4 members (excludes halogenated alkanes) is 3. The van der Waals surface area contributed by atoms with Crippen molar-refractivity contribution in [2.45, 2.75) is 51.9 Å². The standard InChI is InChI=1S/C37H42N6O10S/c44-34(45)21-42(22-35(46)47)19-30-15-26(32-7-5-11-52-32)13-28(39-30)17-41(10-4-2-1-3-9-38-25-54)18-29-14-27(33-8-6-12-53-33)16-31(40-29)20-43(23-36(48)49)24-37(50)51/h5-8,11-16H,1-4,9-10,17-24H2,(H,44,45)(H,46,47)(H,48,49)(H,50,51). The van der Waals surface area contributed by atoms with E-state index in [0.29, 0.717) is 71.6 Å². The highest BCUT2D eigenvalue weighted by Gasteiger charge is 2.20. The summed E-state index contributed by atoms with van der Waals surface area (Å²) in [5.74, 6) is -3.57. The number of carboxylic acids is 4. The van der Waals surface area contributed by atoms with Gasteiger partial charge in [-0.25, -0.2) is 4.99 Å². The molecule has 0 fully saturated rings. The van der Waals surface area contributed by atoms with Crippen molar-refractivity contribution in [3.8, 4) is 22.6 Å². The van der Waals surface area contributed by atoms with Crippen LogP contribution in [0.5, 0.6) is 0 Å². The first-order valence-electron chi connectivity index (χ1n) is 17.1. The fourth-order valence-electron chi connectivity index (χ4n) is 5.95. The van der Waals surface area contributed by atoms with Gasteiger partial charge in [0, 0.05) is 43.9 Å². The highest BCUT2D eigenvalue weighted by molar-refractivity contribution is 7.78. The van der Waals surface area contributed by atoms with Crippen LogP contribution < -0.4 is 0 Å². The Morgan fingerprint density at radius 1 is 0.611 bits per heavy atom. The molecule has 0 spiro atoms. The lowest BCUT2D eigenvalue weighted by molar-refractivity contribution is -0.144. The van der Waals surface area contributed by atoms with Gasteiger partial charge in [0.15, 0.2) is 0 Å². The number of aliphatic imine (C=N–C) groups is 1. The van der Waals surface area contributed by atoms with Crippen molar-refractivity contribution in [3.63, 3.8) is 0 Å². The van der Waals surface area contributed by atoms with Gasteiger partial charge in [0.25, 0.3) is 0 Å². The van der Waals surface area contributed by atoms with Crippen LogP contribution in [0.1, 0.15) is 48.5 Å². The van der Waals surface area contributed by atoms with Crippen LogP contribution in [-0.4, -0.2) is 113 Å². The Morgan fingerprint density at radius 3 is 1.35 bits per heavy atom. The van der Waals surface area contributed by atoms with Gasteiger partial charge in [0.1, 0.15) is 11.5 Å². The number of furan rings is 2. The van der Waals surface area contributed by atoms with E-state index in [2.05, 4.69) is 27.3 Å². The molecule has 0 atom stereocenters. The van der Waals surface area contributed by atoms with Crippen LogP contribution >= 0.6 is 12.2 Å². The van der Waals surface area contributed by atoms with E-state index < -0.39 is 50.1 Å². The molecule has 0 saturated carbocycles. The van der Waals surface area contributed by atoms with Crippen molar-refractivity contribution in [3.05, 3.63) is 83.8 Å². The first kappa shape index (κ1) is 41.2. The Hall–Kier alpha value is -5.58. The fourth-order valence-corrected chi connectivity index (χ4v) is 6.04. The molecule has 17 heteroatoms. The zero-order valence-corrected chi connectivity index (χ0v) is 30.3. The Kier molecular flexibility index (Phi) is 16.2. The summed E-state index contributed by atoms with van der Waals surface area (Å²) in [5, 5.41) is 40.1. The van der Waals surface area contributed by atoms with Gasteiger partial charge in [-0.3, -0.25) is 43.8 Å². The predicted molar refractivity (Wildman–Crippen MR) is 197 cm³/mol. The van der Waals surface area contributed by atoms with Crippen LogP contribution in [0.4, 0.5) is 0 Å². The number of rotatable bonds is 25. The molecule has 0 aliphatic heterocycles. The molecule has 4 aromatic rings. The molecule has 0 unspecified atom stereocenters. The third-order valence-corrected chi connectivity index (χ3v) is 8.14. The van der Waals surface area contributed by atoms with Gasteiger partial charge in [-0.1, -0.05) is 12.8 Å². The molecule has 0 aromatic carbocycles. The van der Waals surface area contributed by atoms with Crippen LogP contribution in [0.25, 0.3) is 22.6 Å². The molecule has 0 saturated heterocycles. The van der Waals surface area contributed by atoms with E-state index in [-0.39, 0.29) is 13.1 Å². The quantitative estimate of drug-likeness (QED) is 0.0411. The van der Waals surface area contributed by atoms with Crippen molar-refractivity contribution >= 4 is 41.3 Å². The summed E-state index contributed by atoms with van der Waals surface area (Å²) in [7, 11) is 0. The lowest BCUT2D eigenvalue weighted by atomic mass is 10.1. The van der Waals surface area contributed by atoms with Crippen molar-refractivity contribution in [2.75, 3.05) is 39.3 Å². The van der Waals surface area contributed by atoms with Crippen molar-refractivity contribution in [1.82, 2.24) is 24.7 Å². The number of carboxylic acid groups (broad SMARTS) is 4. The first-order chi connectivity index (χ1) is 26.0. The average molecular weight is 763 g/mol. The SMILES string of the molecule is O=C(O)CN(CC(=O)O)Cc1cc(-c2ccco2)cc(CN(CCCCCCN=C=S)Cc2cc(-c3ccco3)cc(CN(CC(=O)O)CC(=O)O)n2)n1. The second-order valence-corrected chi connectivity index (χ2v) is 12.8. The highest BCUT2D eigenvalue weighted by Crippen LogP contribution is 2.26. The van der Waals surface area contributed by atoms with E-state index in [4.69, 9.17) is 18.8 Å². The minimum Gasteiger partial charge on any atom is -0.480 e. The molecule has 4 N–H and O–H groups in total. The monoisotopic (exact) mass is 762 g/mol. The van der Waals surface area contributed by atoms with Crippen LogP contribution in [0.3, 0.4) is 0 Å². The summed E-state index contributed by atoms with van der Waals surface area (Å²) in [6.07, 6.45) is 6.56. The van der Waals surface area contributed by atoms with Crippen molar-refractivity contribution in [2.24, 2.45) is 4.99 Å². The summed E-state index contributed by atoms with van der Waals surface area (Å²) < 4.78 is 11.3. The molecule has 0 amide bonds. The lowest BCUT2D eigenvalue weighted by Crippen LogP contribution is -2.34. The van der Waals surface area contributed by atoms with Gasteiger partial charge >= 0.3 is 23.9 Å². The number of hydrogen-bond donors (Lipinski definition) is 4. The number of carbonyl (C=O) groups is 4. The van der Waals surface area contributed by atoms with E-state index >= 15 is 0 Å². The number of isothiocyanates is 1. The second-order valence-electron chi connectivity index (χ2n) is 12.6. The number of aromatic nitrogens is 2. The third-order valence-electron chi connectivity index (χ3n) is 8.01. The maximum absolute atomic E-state index is 11.5. The largest absolute Gasteiger partial charge is 0.480 e. The highest BCUT2D eigenvalue weighted by atomic mass is 32.1. The number of pyridine rings is 2. The van der Waals surface area contributed by atoms with Gasteiger partial charge in [0.2, 0.25) is 0 Å². The van der Waals surface area contributed by atoms with Crippen molar-refractivity contribution in [1.29, 1.82) is 0 Å². The summed E-state index contributed by atoms with van der Waals surface area (Å²) in [5.41, 5.74) is 3.52. The van der Waals surface area contributed by atoms with E-state index in [1.165, 1.54) is 22.3 Å². The normalized spacial score (nSPS) is 11.2. The topological polar surface area (TPSA) is 223 Å². The molecule has 286 valence electrons. The Bertz CT molecular complexity index is 1740. The van der Waals surface area contributed by atoms with Gasteiger partial charge in [-0.05, 0) is 80.1 Å². The summed E-state index contributed by atoms with van der Waals surface area (Å²) in [6.45, 7) is -0.185. The number of thiocarbonyl (C=S) groups is 1. The molecule has 0 aliphatic carbocycles. The van der Waals surface area contributed by atoms with Gasteiger partial charge in [-0.2, -0.15) is 0 Å². The number of nitrogens with zero attached hydrogens (tertiary/aromatic N) is 6. The minimum absolute atomic E-state index is 0.0380. The van der Waals surface area contributed by atoms with E-state index in [1.54, 1.807) is 36.4 Å². The molecular weight excluding hydrogens is 721 g/mol. The van der Waals surface area contributed by atoms with Gasteiger partial charge < -0.3 is 29.3 Å². The second kappa shape index (κ2) is 21.2. The molecule has 16 nitrogen and oxygen atoms in total. The van der Waals surface area contributed by atoms with Gasteiger partial charge in [0.05, 0.1) is 66.6 Å². The molecule has 0 aliphatic rings. The number of aliphatic carboxylic acids is 4. The zero-order chi connectivity index (χ0) is 38.9. The fraction of sp³-hybridized carbons (Fsp3) is 0.378. The molecule has 4 heterocycles. The molecule has 0 radical (unpaired) electrons. The van der Waals surface area contributed by atoms with Crippen LogP contribution in [0, 0.1) is 0 Å². The zero-order valence-electron chi connectivity index (χ0n) is 29.5. The maximum atomic E-state index is 11.5. The van der Waals surface area contributed by atoms with Gasteiger partial charge in [-0.15, -0.1) is 0 Å². The molecular formula is C37H42N6O10S. The minimum atomic E-state index is -1.17. The Labute approximate surface area is 316 Å². The predicted octanol–water partition coefficient (Wildman–Crippen LogP) is 4.60. The average Bonchev–Trinajstić information content (AvgIpc) is 3.82. The Balaban J connectivity index is 1.69. The van der Waals surface area contributed by atoms with Crippen molar-refractivity contribution < 1.29 is 48.4 Å². The first-order valence-corrected chi connectivity index (χ1v) is 17.5.